The van der Waals surface area contributed by atoms with E-state index in [-0.39, 0.29) is 19.1 Å². The summed E-state index contributed by atoms with van der Waals surface area (Å²) in [6, 6.07) is -0.865. The summed E-state index contributed by atoms with van der Waals surface area (Å²) in [7, 11) is 1.56. The Bertz CT molecular complexity index is 1170. The molecular formula is C57H112N2O6P+. The van der Waals surface area contributed by atoms with Crippen LogP contribution in [0.15, 0.2) is 36.5 Å². The molecule has 3 unspecified atom stereocenters. The van der Waals surface area contributed by atoms with Crippen molar-refractivity contribution in [2.24, 2.45) is 0 Å². The summed E-state index contributed by atoms with van der Waals surface area (Å²) < 4.78 is 23.7. The first-order chi connectivity index (χ1) is 32.0. The second-order valence-corrected chi connectivity index (χ2v) is 22.1. The van der Waals surface area contributed by atoms with Crippen LogP contribution in [0.1, 0.15) is 271 Å². The number of likely N-dealkylation sites (N-methyl/N-ethyl adjacent to an activating group) is 1. The lowest BCUT2D eigenvalue weighted by Gasteiger charge is -2.25. The lowest BCUT2D eigenvalue weighted by Crippen LogP contribution is -2.45. The molecule has 9 heteroatoms. The van der Waals surface area contributed by atoms with Gasteiger partial charge in [0.25, 0.3) is 0 Å². The summed E-state index contributed by atoms with van der Waals surface area (Å²) >= 11 is 0. The van der Waals surface area contributed by atoms with Crippen molar-refractivity contribution in [3.05, 3.63) is 36.5 Å². The van der Waals surface area contributed by atoms with Gasteiger partial charge in [-0.2, -0.15) is 0 Å². The molecule has 0 spiro atoms. The number of hydrogen-bond acceptors (Lipinski definition) is 5. The largest absolute Gasteiger partial charge is 0.472 e. The summed E-state index contributed by atoms with van der Waals surface area (Å²) in [6.07, 6.45) is 62.5. The fourth-order valence-corrected chi connectivity index (χ4v) is 9.08. The van der Waals surface area contributed by atoms with Crippen molar-refractivity contribution in [1.29, 1.82) is 0 Å². The zero-order valence-electron chi connectivity index (χ0n) is 44.4. The number of carbonyl (C=O) groups excluding carboxylic acids is 1. The van der Waals surface area contributed by atoms with Gasteiger partial charge in [0.15, 0.2) is 0 Å². The zero-order valence-corrected chi connectivity index (χ0v) is 45.3. The highest BCUT2D eigenvalue weighted by Gasteiger charge is 2.27. The minimum Gasteiger partial charge on any atom is -0.387 e. The second-order valence-electron chi connectivity index (χ2n) is 20.7. The first-order valence-electron chi connectivity index (χ1n) is 28.4. The lowest BCUT2D eigenvalue weighted by molar-refractivity contribution is -0.870. The summed E-state index contributed by atoms with van der Waals surface area (Å²) in [4.78, 5) is 23.3. The normalized spacial score (nSPS) is 14.2. The maximum Gasteiger partial charge on any atom is 0.472 e. The average molecular weight is 953 g/mol. The Morgan fingerprint density at radius 1 is 0.500 bits per heavy atom. The van der Waals surface area contributed by atoms with E-state index in [1.54, 1.807) is 6.08 Å². The molecule has 0 aliphatic heterocycles. The van der Waals surface area contributed by atoms with E-state index < -0.39 is 20.0 Å². The number of nitrogens with zero attached hydrogens (tertiary/aromatic N) is 1. The Kier molecular flexibility index (Phi) is 47.8. The molecule has 0 heterocycles. The number of nitrogens with one attached hydrogen (secondary N) is 1. The van der Waals surface area contributed by atoms with Gasteiger partial charge in [-0.15, -0.1) is 0 Å². The fraction of sp³-hybridized carbons (Fsp3) is 0.877. The van der Waals surface area contributed by atoms with Crippen molar-refractivity contribution in [2.45, 2.75) is 283 Å². The predicted molar refractivity (Wildman–Crippen MR) is 286 cm³/mol. The molecule has 0 aliphatic rings. The van der Waals surface area contributed by atoms with E-state index >= 15 is 0 Å². The number of hydrogen-bond donors (Lipinski definition) is 3. The van der Waals surface area contributed by atoms with Crippen LogP contribution in [0.25, 0.3) is 0 Å². The van der Waals surface area contributed by atoms with Gasteiger partial charge in [-0.25, -0.2) is 4.57 Å². The monoisotopic (exact) mass is 952 g/mol. The van der Waals surface area contributed by atoms with Crippen LogP contribution in [0, 0.1) is 0 Å². The van der Waals surface area contributed by atoms with Gasteiger partial charge >= 0.3 is 7.82 Å². The number of phosphoric ester groups is 1. The van der Waals surface area contributed by atoms with E-state index in [0.29, 0.717) is 17.4 Å². The molecule has 0 aromatic rings. The SMILES string of the molecule is CCCCCCCCCCC/C=C\CCCCCCCCCC(=O)NC(COP(=O)(O)OCC[N+](C)(C)C)C(O)/C=C/CC/C=C/CCCCCCCCCCCCCCCCCCCC. The fourth-order valence-electron chi connectivity index (χ4n) is 8.35. The number of aliphatic hydroxyl groups excluding tert-OH is 1. The molecule has 390 valence electrons. The zero-order chi connectivity index (χ0) is 48.5. The van der Waals surface area contributed by atoms with E-state index in [0.717, 1.165) is 38.5 Å². The van der Waals surface area contributed by atoms with Crippen LogP contribution in [0.2, 0.25) is 0 Å². The second kappa shape index (κ2) is 48.7. The average Bonchev–Trinajstić information content (AvgIpc) is 3.28. The molecule has 0 fully saturated rings. The standard InChI is InChI=1S/C57H111N2O6P/c1-6-8-10-12-14-16-18-20-22-24-26-28-29-30-31-32-34-36-38-40-42-44-46-48-50-56(60)55(54-65-66(62,63)64-53-52-59(3,4)5)58-57(61)51-49-47-45-43-41-39-37-35-33-27-25-23-21-19-17-15-13-11-9-7-2/h27,33,40,42,48,50,55-56,60H,6-26,28-32,34-39,41,43-47,49,51-54H2,1-5H3,(H-,58,61,62,63)/p+1/b33-27-,42-40+,50-48+. The summed E-state index contributed by atoms with van der Waals surface area (Å²) in [5.41, 5.74) is 0. The number of carbonyl (C=O) groups is 1. The quantitative estimate of drug-likeness (QED) is 0.0243. The van der Waals surface area contributed by atoms with Crippen LogP contribution in [0.4, 0.5) is 0 Å². The van der Waals surface area contributed by atoms with E-state index in [1.165, 1.54) is 212 Å². The number of rotatable bonds is 52. The molecule has 0 rings (SSSR count). The van der Waals surface area contributed by atoms with Crippen molar-refractivity contribution < 1.29 is 32.9 Å². The van der Waals surface area contributed by atoms with Gasteiger partial charge in [0.05, 0.1) is 39.9 Å². The summed E-state index contributed by atoms with van der Waals surface area (Å²) in [5, 5.41) is 13.9. The first kappa shape index (κ1) is 64.7. The molecule has 3 N–H and O–H groups in total. The van der Waals surface area contributed by atoms with Crippen molar-refractivity contribution >= 4 is 13.7 Å². The number of aliphatic hydroxyl groups is 1. The summed E-state index contributed by atoms with van der Waals surface area (Å²) in [6.45, 7) is 4.82. The van der Waals surface area contributed by atoms with Crippen LogP contribution in [-0.2, 0) is 18.4 Å². The van der Waals surface area contributed by atoms with E-state index in [2.05, 4.69) is 43.5 Å². The van der Waals surface area contributed by atoms with Crippen LogP contribution in [-0.4, -0.2) is 73.4 Å². The predicted octanol–water partition coefficient (Wildman–Crippen LogP) is 17.0. The molecule has 0 saturated heterocycles. The molecule has 0 aliphatic carbocycles. The molecule has 1 amide bonds. The molecule has 3 atom stereocenters. The van der Waals surface area contributed by atoms with Crippen molar-refractivity contribution in [1.82, 2.24) is 5.32 Å². The highest BCUT2D eigenvalue weighted by atomic mass is 31.2. The van der Waals surface area contributed by atoms with Gasteiger partial charge in [-0.3, -0.25) is 13.8 Å². The molecular weight excluding hydrogens is 840 g/mol. The molecule has 0 aromatic carbocycles. The van der Waals surface area contributed by atoms with E-state index in [9.17, 15) is 19.4 Å². The Morgan fingerprint density at radius 2 is 0.833 bits per heavy atom. The number of amides is 1. The van der Waals surface area contributed by atoms with E-state index in [1.807, 2.05) is 27.2 Å². The minimum atomic E-state index is -4.35. The third-order valence-electron chi connectivity index (χ3n) is 12.8. The van der Waals surface area contributed by atoms with Crippen molar-refractivity contribution in [3.8, 4) is 0 Å². The third-order valence-corrected chi connectivity index (χ3v) is 13.8. The molecule has 0 bridgehead atoms. The molecule has 0 saturated carbocycles. The maximum absolute atomic E-state index is 13.0. The highest BCUT2D eigenvalue weighted by Crippen LogP contribution is 2.43. The molecule has 0 radical (unpaired) electrons. The van der Waals surface area contributed by atoms with Gasteiger partial charge in [0.1, 0.15) is 13.2 Å². The molecule has 66 heavy (non-hydrogen) atoms. The molecule has 0 aromatic heterocycles. The topological polar surface area (TPSA) is 105 Å². The number of allylic oxidation sites excluding steroid dienone is 5. The Hall–Kier alpha value is -1.28. The molecule has 8 nitrogen and oxygen atoms in total. The first-order valence-corrected chi connectivity index (χ1v) is 29.9. The lowest BCUT2D eigenvalue weighted by atomic mass is 10.0. The number of phosphoric acid groups is 1. The minimum absolute atomic E-state index is 0.0559. The Morgan fingerprint density at radius 3 is 1.21 bits per heavy atom. The van der Waals surface area contributed by atoms with Gasteiger partial charge in [-0.05, 0) is 57.8 Å². The van der Waals surface area contributed by atoms with Crippen LogP contribution in [0.5, 0.6) is 0 Å². The van der Waals surface area contributed by atoms with Crippen LogP contribution in [0.3, 0.4) is 0 Å². The van der Waals surface area contributed by atoms with E-state index in [4.69, 9.17) is 9.05 Å². The van der Waals surface area contributed by atoms with Gasteiger partial charge in [0.2, 0.25) is 5.91 Å². The Labute approximate surface area is 410 Å². The van der Waals surface area contributed by atoms with Gasteiger partial charge in [-0.1, -0.05) is 243 Å². The maximum atomic E-state index is 13.0. The van der Waals surface area contributed by atoms with Gasteiger partial charge in [0, 0.05) is 6.42 Å². The Balaban J connectivity index is 4.28. The van der Waals surface area contributed by atoms with Crippen molar-refractivity contribution in [3.63, 3.8) is 0 Å². The number of unbranched alkanes of at least 4 members (excludes halogenated alkanes) is 35. The van der Waals surface area contributed by atoms with Gasteiger partial charge < -0.3 is 19.8 Å². The number of quaternary nitrogens is 1. The van der Waals surface area contributed by atoms with Crippen molar-refractivity contribution in [2.75, 3.05) is 40.9 Å². The smallest absolute Gasteiger partial charge is 0.387 e. The van der Waals surface area contributed by atoms with Crippen LogP contribution >= 0.6 is 7.82 Å². The third kappa shape index (κ3) is 50.6. The van der Waals surface area contributed by atoms with Crippen LogP contribution < -0.4 is 5.32 Å². The highest BCUT2D eigenvalue weighted by molar-refractivity contribution is 7.47. The summed E-state index contributed by atoms with van der Waals surface area (Å²) in [5.74, 6) is -0.188.